The quantitative estimate of drug-likeness (QED) is 0.837. The number of anilines is 1. The molecule has 5 heteroatoms. The van der Waals surface area contributed by atoms with Crippen LogP contribution in [0.3, 0.4) is 0 Å². The maximum absolute atomic E-state index is 12.3. The van der Waals surface area contributed by atoms with Crippen molar-refractivity contribution in [3.8, 4) is 0 Å². The normalized spacial score (nSPS) is 14.5. The summed E-state index contributed by atoms with van der Waals surface area (Å²) in [6, 6.07) is 7.99. The Morgan fingerprint density at radius 2 is 2.29 bits per heavy atom. The lowest BCUT2D eigenvalue weighted by Crippen LogP contribution is -2.35. The van der Waals surface area contributed by atoms with Crippen molar-refractivity contribution in [2.75, 3.05) is 17.2 Å². The number of aromatic amines is 1. The van der Waals surface area contributed by atoms with Crippen molar-refractivity contribution in [2.24, 2.45) is 0 Å². The standard InChI is InChI=1S/C12H11N3OS/c16-12(9-7-13-14-8-9)15-5-6-17-11-4-2-1-3-10(11)15/h1-4,7-8H,5-6H2,(H,13,14). The van der Waals surface area contributed by atoms with E-state index in [1.165, 1.54) is 0 Å². The minimum Gasteiger partial charge on any atom is -0.306 e. The maximum Gasteiger partial charge on any atom is 0.261 e. The van der Waals surface area contributed by atoms with Crippen LogP contribution in [-0.2, 0) is 0 Å². The Bertz CT molecular complexity index is 538. The third kappa shape index (κ3) is 1.82. The predicted molar refractivity (Wildman–Crippen MR) is 67.4 cm³/mol. The lowest BCUT2D eigenvalue weighted by atomic mass is 10.2. The first-order valence-corrected chi connectivity index (χ1v) is 6.37. The minimum absolute atomic E-state index is 0.00602. The van der Waals surface area contributed by atoms with Crippen LogP contribution in [0.2, 0.25) is 0 Å². The lowest BCUT2D eigenvalue weighted by molar-refractivity contribution is 0.0988. The monoisotopic (exact) mass is 245 g/mol. The fourth-order valence-electron chi connectivity index (χ4n) is 1.90. The van der Waals surface area contributed by atoms with Gasteiger partial charge in [0, 0.05) is 23.4 Å². The van der Waals surface area contributed by atoms with Crippen LogP contribution in [-0.4, -0.2) is 28.4 Å². The number of thioether (sulfide) groups is 1. The van der Waals surface area contributed by atoms with Gasteiger partial charge in [-0.1, -0.05) is 12.1 Å². The van der Waals surface area contributed by atoms with Gasteiger partial charge in [-0.05, 0) is 12.1 Å². The van der Waals surface area contributed by atoms with Crippen molar-refractivity contribution in [1.29, 1.82) is 0 Å². The van der Waals surface area contributed by atoms with Gasteiger partial charge in [-0.2, -0.15) is 5.10 Å². The number of carbonyl (C=O) groups excluding carboxylic acids is 1. The zero-order valence-electron chi connectivity index (χ0n) is 9.09. The summed E-state index contributed by atoms with van der Waals surface area (Å²) in [5.41, 5.74) is 1.60. The molecule has 17 heavy (non-hydrogen) atoms. The molecular weight excluding hydrogens is 234 g/mol. The Kier molecular flexibility index (Phi) is 2.60. The molecule has 1 aliphatic heterocycles. The summed E-state index contributed by atoms with van der Waals surface area (Å²) < 4.78 is 0. The molecule has 0 atom stereocenters. The summed E-state index contributed by atoms with van der Waals surface area (Å²) in [5, 5.41) is 6.49. The van der Waals surface area contributed by atoms with Gasteiger partial charge in [-0.3, -0.25) is 9.89 Å². The number of carbonyl (C=O) groups is 1. The molecule has 1 amide bonds. The Morgan fingerprint density at radius 3 is 3.12 bits per heavy atom. The first-order valence-electron chi connectivity index (χ1n) is 5.39. The van der Waals surface area contributed by atoms with E-state index in [4.69, 9.17) is 0 Å². The molecule has 3 rings (SSSR count). The third-order valence-electron chi connectivity index (χ3n) is 2.72. The first kappa shape index (κ1) is 10.4. The highest BCUT2D eigenvalue weighted by molar-refractivity contribution is 7.99. The molecule has 0 saturated heterocycles. The molecule has 1 aromatic heterocycles. The molecule has 1 aliphatic rings. The van der Waals surface area contributed by atoms with Crippen LogP contribution in [0.1, 0.15) is 10.4 Å². The van der Waals surface area contributed by atoms with Gasteiger partial charge in [0.15, 0.2) is 0 Å². The number of benzene rings is 1. The molecule has 0 fully saturated rings. The van der Waals surface area contributed by atoms with Gasteiger partial charge < -0.3 is 4.90 Å². The number of H-pyrrole nitrogens is 1. The smallest absolute Gasteiger partial charge is 0.261 e. The van der Waals surface area contributed by atoms with E-state index in [-0.39, 0.29) is 5.91 Å². The second-order valence-corrected chi connectivity index (χ2v) is 4.90. The van der Waals surface area contributed by atoms with Crippen LogP contribution in [0.4, 0.5) is 5.69 Å². The highest BCUT2D eigenvalue weighted by atomic mass is 32.2. The van der Waals surface area contributed by atoms with Gasteiger partial charge >= 0.3 is 0 Å². The van der Waals surface area contributed by atoms with E-state index in [1.807, 2.05) is 23.1 Å². The van der Waals surface area contributed by atoms with Gasteiger partial charge in [0.2, 0.25) is 0 Å². The molecule has 0 saturated carbocycles. The second-order valence-electron chi connectivity index (χ2n) is 3.76. The summed E-state index contributed by atoms with van der Waals surface area (Å²) >= 11 is 1.79. The number of hydrogen-bond donors (Lipinski definition) is 1. The number of rotatable bonds is 1. The summed E-state index contributed by atoms with van der Waals surface area (Å²) in [7, 11) is 0. The van der Waals surface area contributed by atoms with Crippen molar-refractivity contribution >= 4 is 23.4 Å². The van der Waals surface area contributed by atoms with E-state index >= 15 is 0 Å². The number of hydrogen-bond acceptors (Lipinski definition) is 3. The maximum atomic E-state index is 12.3. The van der Waals surface area contributed by atoms with E-state index < -0.39 is 0 Å². The van der Waals surface area contributed by atoms with E-state index in [0.717, 1.165) is 22.9 Å². The molecule has 0 aliphatic carbocycles. The molecule has 1 aromatic carbocycles. The molecule has 4 nitrogen and oxygen atoms in total. The van der Waals surface area contributed by atoms with Crippen molar-refractivity contribution in [3.05, 3.63) is 42.2 Å². The summed E-state index contributed by atoms with van der Waals surface area (Å²) in [4.78, 5) is 15.3. The molecule has 0 radical (unpaired) electrons. The fourth-order valence-corrected chi connectivity index (χ4v) is 2.90. The van der Waals surface area contributed by atoms with Gasteiger partial charge in [-0.15, -0.1) is 11.8 Å². The molecular formula is C12H11N3OS. The van der Waals surface area contributed by atoms with E-state index in [1.54, 1.807) is 24.2 Å². The number of aromatic nitrogens is 2. The van der Waals surface area contributed by atoms with E-state index in [2.05, 4.69) is 16.3 Å². The SMILES string of the molecule is O=C(c1cn[nH]c1)N1CCSc2ccccc21. The Labute approximate surface area is 103 Å². The van der Waals surface area contributed by atoms with Gasteiger partial charge in [0.25, 0.3) is 5.91 Å². The average Bonchev–Trinajstić information content (AvgIpc) is 2.91. The Hall–Kier alpha value is -1.75. The summed E-state index contributed by atoms with van der Waals surface area (Å²) in [6.07, 6.45) is 3.19. The lowest BCUT2D eigenvalue weighted by Gasteiger charge is -2.28. The highest BCUT2D eigenvalue weighted by Crippen LogP contribution is 2.34. The highest BCUT2D eigenvalue weighted by Gasteiger charge is 2.23. The van der Waals surface area contributed by atoms with Crippen molar-refractivity contribution in [3.63, 3.8) is 0 Å². The number of nitrogens with one attached hydrogen (secondary N) is 1. The largest absolute Gasteiger partial charge is 0.306 e. The van der Waals surface area contributed by atoms with E-state index in [0.29, 0.717) is 5.56 Å². The average molecular weight is 245 g/mol. The number of nitrogens with zero attached hydrogens (tertiary/aromatic N) is 2. The minimum atomic E-state index is 0.00602. The molecule has 2 aromatic rings. The van der Waals surface area contributed by atoms with Crippen molar-refractivity contribution in [2.45, 2.75) is 4.90 Å². The van der Waals surface area contributed by atoms with Crippen LogP contribution < -0.4 is 4.90 Å². The third-order valence-corrected chi connectivity index (χ3v) is 3.76. The number of fused-ring (bicyclic) bond motifs is 1. The van der Waals surface area contributed by atoms with Gasteiger partial charge in [-0.25, -0.2) is 0 Å². The van der Waals surface area contributed by atoms with Crippen LogP contribution in [0.15, 0.2) is 41.6 Å². The fraction of sp³-hybridized carbons (Fsp3) is 0.167. The van der Waals surface area contributed by atoms with Gasteiger partial charge in [0.1, 0.15) is 0 Å². The first-order chi connectivity index (χ1) is 8.36. The van der Waals surface area contributed by atoms with Crippen LogP contribution in [0.5, 0.6) is 0 Å². The zero-order chi connectivity index (χ0) is 11.7. The van der Waals surface area contributed by atoms with E-state index in [9.17, 15) is 4.79 Å². The molecule has 2 heterocycles. The molecule has 86 valence electrons. The van der Waals surface area contributed by atoms with Crippen LogP contribution >= 0.6 is 11.8 Å². The second kappa shape index (κ2) is 4.25. The van der Waals surface area contributed by atoms with Crippen molar-refractivity contribution in [1.82, 2.24) is 10.2 Å². The molecule has 0 spiro atoms. The summed E-state index contributed by atoms with van der Waals surface area (Å²) in [5.74, 6) is 0.937. The molecule has 0 unspecified atom stereocenters. The van der Waals surface area contributed by atoms with Crippen molar-refractivity contribution < 1.29 is 4.79 Å². The molecule has 1 N–H and O–H groups in total. The predicted octanol–water partition coefficient (Wildman–Crippen LogP) is 2.16. The summed E-state index contributed by atoms with van der Waals surface area (Å²) in [6.45, 7) is 0.742. The van der Waals surface area contributed by atoms with Crippen LogP contribution in [0, 0.1) is 0 Å². The number of amides is 1. The Morgan fingerprint density at radius 1 is 1.41 bits per heavy atom. The Balaban J connectivity index is 1.98. The topological polar surface area (TPSA) is 49.0 Å². The van der Waals surface area contributed by atoms with Gasteiger partial charge in [0.05, 0.1) is 17.4 Å². The molecule has 0 bridgehead atoms. The zero-order valence-corrected chi connectivity index (χ0v) is 9.91. The number of para-hydroxylation sites is 1. The van der Waals surface area contributed by atoms with Crippen LogP contribution in [0.25, 0.3) is 0 Å².